The molecule has 0 aliphatic rings. The van der Waals surface area contributed by atoms with Crippen molar-refractivity contribution in [2.24, 2.45) is 0 Å². The molecule has 0 radical (unpaired) electrons. The van der Waals surface area contributed by atoms with E-state index in [1.807, 2.05) is 6.92 Å². The lowest BCUT2D eigenvalue weighted by molar-refractivity contribution is -0.384. The van der Waals surface area contributed by atoms with Gasteiger partial charge in [-0.1, -0.05) is 24.6 Å². The number of hydrogen-bond donors (Lipinski definition) is 1. The number of benzene rings is 2. The Balaban J connectivity index is 2.25. The Morgan fingerprint density at radius 3 is 2.78 bits per heavy atom. The summed E-state index contributed by atoms with van der Waals surface area (Å²) < 4.78 is 5.53. The standard InChI is InChI=1S/C16H15ClN2O4/c1-2-8-23-15-7-6-11(17)9-14(15)16(20)18-12-4-3-5-13(10-12)19(21)22/h3-7,9-10H,2,8H2,1H3,(H,18,20). The van der Waals surface area contributed by atoms with Crippen LogP contribution in [0.3, 0.4) is 0 Å². The minimum Gasteiger partial charge on any atom is -0.493 e. The van der Waals surface area contributed by atoms with E-state index in [2.05, 4.69) is 5.32 Å². The first-order valence-electron chi connectivity index (χ1n) is 6.99. The fourth-order valence-electron chi connectivity index (χ4n) is 1.91. The third-order valence-corrected chi connectivity index (χ3v) is 3.20. The number of nitro benzene ring substituents is 1. The minimum absolute atomic E-state index is 0.101. The average Bonchev–Trinajstić information content (AvgIpc) is 2.53. The molecule has 23 heavy (non-hydrogen) atoms. The number of nitrogens with one attached hydrogen (secondary N) is 1. The Hall–Kier alpha value is -2.60. The van der Waals surface area contributed by atoms with Crippen molar-refractivity contribution in [1.82, 2.24) is 0 Å². The summed E-state index contributed by atoms with van der Waals surface area (Å²) in [4.78, 5) is 22.7. The van der Waals surface area contributed by atoms with Gasteiger partial charge in [-0.3, -0.25) is 14.9 Å². The van der Waals surface area contributed by atoms with E-state index >= 15 is 0 Å². The molecule has 1 N–H and O–H groups in total. The molecular weight excluding hydrogens is 320 g/mol. The smallest absolute Gasteiger partial charge is 0.271 e. The van der Waals surface area contributed by atoms with Gasteiger partial charge < -0.3 is 10.1 Å². The summed E-state index contributed by atoms with van der Waals surface area (Å²) in [5.41, 5.74) is 0.499. The van der Waals surface area contributed by atoms with Crippen LogP contribution in [-0.2, 0) is 0 Å². The fraction of sp³-hybridized carbons (Fsp3) is 0.188. The number of hydrogen-bond acceptors (Lipinski definition) is 4. The zero-order valence-electron chi connectivity index (χ0n) is 12.4. The Morgan fingerprint density at radius 1 is 1.30 bits per heavy atom. The number of anilines is 1. The third-order valence-electron chi connectivity index (χ3n) is 2.96. The molecule has 0 heterocycles. The lowest BCUT2D eigenvalue weighted by Crippen LogP contribution is -2.14. The van der Waals surface area contributed by atoms with Crippen LogP contribution in [0.2, 0.25) is 5.02 Å². The predicted molar refractivity (Wildman–Crippen MR) is 88.3 cm³/mol. The molecule has 0 fully saturated rings. The van der Waals surface area contributed by atoms with Gasteiger partial charge >= 0.3 is 0 Å². The molecule has 0 saturated carbocycles. The molecule has 6 nitrogen and oxygen atoms in total. The van der Waals surface area contributed by atoms with Gasteiger partial charge in [0.15, 0.2) is 0 Å². The first kappa shape index (κ1) is 16.8. The van der Waals surface area contributed by atoms with Crippen LogP contribution in [0.4, 0.5) is 11.4 Å². The third kappa shape index (κ3) is 4.43. The van der Waals surface area contributed by atoms with E-state index in [4.69, 9.17) is 16.3 Å². The van der Waals surface area contributed by atoms with Crippen LogP contribution in [0.25, 0.3) is 0 Å². The maximum Gasteiger partial charge on any atom is 0.271 e. The maximum atomic E-state index is 12.4. The van der Waals surface area contributed by atoms with E-state index in [9.17, 15) is 14.9 Å². The minimum atomic E-state index is -0.523. The Morgan fingerprint density at radius 2 is 2.09 bits per heavy atom. The topological polar surface area (TPSA) is 81.5 Å². The van der Waals surface area contributed by atoms with Crippen molar-refractivity contribution in [2.75, 3.05) is 11.9 Å². The summed E-state index contributed by atoms with van der Waals surface area (Å²) in [6, 6.07) is 10.5. The highest BCUT2D eigenvalue weighted by molar-refractivity contribution is 6.31. The van der Waals surface area contributed by atoms with Crippen LogP contribution in [0, 0.1) is 10.1 Å². The number of nitrogens with zero attached hydrogens (tertiary/aromatic N) is 1. The van der Waals surface area contributed by atoms with Gasteiger partial charge in [-0.25, -0.2) is 0 Å². The van der Waals surface area contributed by atoms with Crippen molar-refractivity contribution in [2.45, 2.75) is 13.3 Å². The van der Waals surface area contributed by atoms with E-state index in [0.29, 0.717) is 23.1 Å². The molecular formula is C16H15ClN2O4. The largest absolute Gasteiger partial charge is 0.493 e. The number of carbonyl (C=O) groups excluding carboxylic acids is 1. The Labute approximate surface area is 138 Å². The zero-order valence-corrected chi connectivity index (χ0v) is 13.2. The lowest BCUT2D eigenvalue weighted by atomic mass is 10.1. The van der Waals surface area contributed by atoms with Gasteiger partial charge in [0.05, 0.1) is 17.1 Å². The lowest BCUT2D eigenvalue weighted by Gasteiger charge is -2.11. The molecule has 2 aromatic rings. The molecule has 1 amide bonds. The zero-order chi connectivity index (χ0) is 16.8. The van der Waals surface area contributed by atoms with Crippen molar-refractivity contribution >= 4 is 28.9 Å². The molecule has 0 spiro atoms. The average molecular weight is 335 g/mol. The van der Waals surface area contributed by atoms with Crippen molar-refractivity contribution in [1.29, 1.82) is 0 Å². The van der Waals surface area contributed by atoms with Gasteiger partial charge in [-0.05, 0) is 30.7 Å². The second-order valence-corrected chi connectivity index (χ2v) is 5.19. The number of halogens is 1. The van der Waals surface area contributed by atoms with Crippen molar-refractivity contribution < 1.29 is 14.5 Å². The van der Waals surface area contributed by atoms with E-state index < -0.39 is 10.8 Å². The van der Waals surface area contributed by atoms with Crippen LogP contribution in [0.5, 0.6) is 5.75 Å². The first-order chi connectivity index (χ1) is 11.0. The molecule has 2 rings (SSSR count). The monoisotopic (exact) mass is 334 g/mol. The molecule has 0 atom stereocenters. The second-order valence-electron chi connectivity index (χ2n) is 4.75. The SMILES string of the molecule is CCCOc1ccc(Cl)cc1C(=O)Nc1cccc([N+](=O)[O-])c1. The summed E-state index contributed by atoms with van der Waals surface area (Å²) in [7, 11) is 0. The van der Waals surface area contributed by atoms with E-state index in [-0.39, 0.29) is 11.3 Å². The number of amides is 1. The Bertz CT molecular complexity index is 734. The van der Waals surface area contributed by atoms with Crippen LogP contribution < -0.4 is 10.1 Å². The number of carbonyl (C=O) groups is 1. The second kappa shape index (κ2) is 7.60. The van der Waals surface area contributed by atoms with Crippen molar-refractivity contribution in [3.05, 3.63) is 63.2 Å². The van der Waals surface area contributed by atoms with Gasteiger partial charge in [-0.15, -0.1) is 0 Å². The normalized spacial score (nSPS) is 10.2. The van der Waals surface area contributed by atoms with Crippen molar-refractivity contribution in [3.8, 4) is 5.75 Å². The molecule has 0 aromatic heterocycles. The van der Waals surface area contributed by atoms with Crippen LogP contribution in [0.1, 0.15) is 23.7 Å². The van der Waals surface area contributed by atoms with Crippen molar-refractivity contribution in [3.63, 3.8) is 0 Å². The number of rotatable bonds is 6. The van der Waals surface area contributed by atoms with E-state index in [1.54, 1.807) is 18.2 Å². The van der Waals surface area contributed by atoms with Gasteiger partial charge in [0.25, 0.3) is 11.6 Å². The molecule has 0 unspecified atom stereocenters. The first-order valence-corrected chi connectivity index (χ1v) is 7.37. The molecule has 0 aliphatic carbocycles. The maximum absolute atomic E-state index is 12.4. The highest BCUT2D eigenvalue weighted by Gasteiger charge is 2.15. The highest BCUT2D eigenvalue weighted by Crippen LogP contribution is 2.25. The van der Waals surface area contributed by atoms with E-state index in [1.165, 1.54) is 24.3 Å². The summed E-state index contributed by atoms with van der Waals surface area (Å²) >= 11 is 5.94. The predicted octanol–water partition coefficient (Wildman–Crippen LogP) is 4.29. The summed E-state index contributed by atoms with van der Waals surface area (Å²) in [5, 5.41) is 13.8. The molecule has 0 saturated heterocycles. The van der Waals surface area contributed by atoms with Crippen LogP contribution in [-0.4, -0.2) is 17.4 Å². The number of nitro groups is 1. The molecule has 2 aromatic carbocycles. The van der Waals surface area contributed by atoms with Gasteiger partial charge in [-0.2, -0.15) is 0 Å². The summed E-state index contributed by atoms with van der Waals surface area (Å²) in [5.74, 6) is -0.0294. The molecule has 7 heteroatoms. The number of ether oxygens (including phenoxy) is 1. The van der Waals surface area contributed by atoms with Gasteiger partial charge in [0.1, 0.15) is 5.75 Å². The quantitative estimate of drug-likeness (QED) is 0.631. The summed E-state index contributed by atoms with van der Waals surface area (Å²) in [6.07, 6.45) is 0.800. The van der Waals surface area contributed by atoms with Crippen LogP contribution in [0.15, 0.2) is 42.5 Å². The fourth-order valence-corrected chi connectivity index (χ4v) is 2.09. The molecule has 0 bridgehead atoms. The molecule has 0 aliphatic heterocycles. The summed E-state index contributed by atoms with van der Waals surface area (Å²) in [6.45, 7) is 2.43. The Kier molecular flexibility index (Phi) is 5.54. The van der Waals surface area contributed by atoms with Crippen LogP contribution >= 0.6 is 11.6 Å². The highest BCUT2D eigenvalue weighted by atomic mass is 35.5. The van der Waals surface area contributed by atoms with Gasteiger partial charge in [0.2, 0.25) is 0 Å². The van der Waals surface area contributed by atoms with E-state index in [0.717, 1.165) is 6.42 Å². The van der Waals surface area contributed by atoms with Gasteiger partial charge in [0, 0.05) is 22.8 Å². The number of non-ortho nitro benzene ring substituents is 1. The molecule has 120 valence electrons.